The molecule has 16 heavy (non-hydrogen) atoms. The van der Waals surface area contributed by atoms with E-state index in [0.29, 0.717) is 10.9 Å². The highest BCUT2D eigenvalue weighted by molar-refractivity contribution is 7.99. The first-order chi connectivity index (χ1) is 7.63. The Labute approximate surface area is 104 Å². The molecule has 1 aromatic rings. The van der Waals surface area contributed by atoms with Crippen molar-refractivity contribution >= 4 is 29.3 Å². The molecule has 1 atom stereocenters. The first kappa shape index (κ1) is 13.5. The average Bonchev–Trinajstić information content (AvgIpc) is 2.70. The Morgan fingerprint density at radius 2 is 2.38 bits per heavy atom. The van der Waals surface area contributed by atoms with Gasteiger partial charge in [-0.2, -0.15) is 0 Å². The van der Waals surface area contributed by atoms with E-state index in [0.717, 1.165) is 13.1 Å². The Morgan fingerprint density at radius 1 is 1.62 bits per heavy atom. The van der Waals surface area contributed by atoms with Crippen LogP contribution in [0.15, 0.2) is 5.16 Å². The van der Waals surface area contributed by atoms with Crippen molar-refractivity contribution in [3.05, 3.63) is 0 Å². The van der Waals surface area contributed by atoms with Crippen molar-refractivity contribution in [2.45, 2.75) is 17.8 Å². The van der Waals surface area contributed by atoms with Gasteiger partial charge in [0.05, 0.1) is 18.0 Å². The van der Waals surface area contributed by atoms with Gasteiger partial charge in [-0.15, -0.1) is 5.10 Å². The van der Waals surface area contributed by atoms with E-state index in [1.54, 1.807) is 4.68 Å². The lowest BCUT2D eigenvalue weighted by molar-refractivity contribution is 0.273. The van der Waals surface area contributed by atoms with Gasteiger partial charge in [0, 0.05) is 12.3 Å². The van der Waals surface area contributed by atoms with E-state index in [1.165, 1.54) is 11.8 Å². The molecule has 0 saturated heterocycles. The van der Waals surface area contributed by atoms with E-state index >= 15 is 0 Å². The highest BCUT2D eigenvalue weighted by atomic mass is 32.2. The quantitative estimate of drug-likeness (QED) is 0.527. The topological polar surface area (TPSA) is 67.1 Å². The van der Waals surface area contributed by atoms with E-state index in [2.05, 4.69) is 38.0 Å². The van der Waals surface area contributed by atoms with Gasteiger partial charge in [0.2, 0.25) is 5.16 Å². The van der Waals surface area contributed by atoms with Gasteiger partial charge in [0.15, 0.2) is 0 Å². The van der Waals surface area contributed by atoms with Gasteiger partial charge in [-0.25, -0.2) is 4.68 Å². The number of rotatable bonds is 7. The van der Waals surface area contributed by atoms with Crippen LogP contribution >= 0.6 is 24.0 Å². The first-order valence-electron chi connectivity index (χ1n) is 4.73. The van der Waals surface area contributed by atoms with Gasteiger partial charge in [0.1, 0.15) is 0 Å². The highest BCUT2D eigenvalue weighted by Gasteiger charge is 2.09. The van der Waals surface area contributed by atoms with Crippen molar-refractivity contribution in [2.24, 2.45) is 0 Å². The van der Waals surface area contributed by atoms with Gasteiger partial charge in [-0.1, -0.05) is 24.0 Å². The van der Waals surface area contributed by atoms with Gasteiger partial charge in [-0.05, 0) is 24.5 Å². The first-order valence-corrected chi connectivity index (χ1v) is 6.12. The molecule has 1 radical (unpaired) electrons. The fraction of sp³-hybridized carbons (Fsp3) is 0.750. The van der Waals surface area contributed by atoms with Crippen LogP contribution in [0.25, 0.3) is 0 Å². The zero-order valence-electron chi connectivity index (χ0n) is 9.20. The summed E-state index contributed by atoms with van der Waals surface area (Å²) >= 11 is 5.88. The predicted molar refractivity (Wildman–Crippen MR) is 65.7 cm³/mol. The molecule has 1 heterocycles. The summed E-state index contributed by atoms with van der Waals surface area (Å²) < 4.78 is 1.71. The zero-order chi connectivity index (χ0) is 12.0. The van der Waals surface area contributed by atoms with Gasteiger partial charge >= 0.3 is 0 Å². The SMILES string of the molecule is CN(C)CCn1nnnc1SCC(O)[C]=S. The van der Waals surface area contributed by atoms with Crippen LogP contribution in [0.5, 0.6) is 0 Å². The number of aliphatic hydroxyl groups excluding tert-OH is 1. The Hall–Kier alpha value is -0.570. The summed E-state index contributed by atoms with van der Waals surface area (Å²) in [5, 5.41) is 23.6. The zero-order valence-corrected chi connectivity index (χ0v) is 10.8. The number of aliphatic hydroxyl groups is 1. The van der Waals surface area contributed by atoms with Crippen molar-refractivity contribution in [3.8, 4) is 0 Å². The minimum Gasteiger partial charge on any atom is -0.387 e. The van der Waals surface area contributed by atoms with E-state index in [4.69, 9.17) is 0 Å². The molecule has 0 bridgehead atoms. The van der Waals surface area contributed by atoms with Gasteiger partial charge in [0.25, 0.3) is 0 Å². The number of tetrazole rings is 1. The van der Waals surface area contributed by atoms with E-state index < -0.39 is 6.10 Å². The molecule has 0 aliphatic heterocycles. The lowest BCUT2D eigenvalue weighted by Crippen LogP contribution is -2.20. The van der Waals surface area contributed by atoms with Crippen LogP contribution < -0.4 is 0 Å². The van der Waals surface area contributed by atoms with Crippen molar-refractivity contribution < 1.29 is 5.11 Å². The number of nitrogens with zero attached hydrogens (tertiary/aromatic N) is 5. The summed E-state index contributed by atoms with van der Waals surface area (Å²) in [6.45, 7) is 1.58. The van der Waals surface area contributed by atoms with Crippen molar-refractivity contribution in [1.82, 2.24) is 25.1 Å². The number of hydrogen-bond acceptors (Lipinski definition) is 7. The van der Waals surface area contributed by atoms with Crippen LogP contribution in [-0.4, -0.2) is 68.1 Å². The van der Waals surface area contributed by atoms with Crippen molar-refractivity contribution in [2.75, 3.05) is 26.4 Å². The summed E-state index contributed by atoms with van der Waals surface area (Å²) in [5.74, 6) is 0.422. The van der Waals surface area contributed by atoms with Gasteiger partial charge < -0.3 is 10.0 Å². The average molecular weight is 260 g/mol. The minimum atomic E-state index is -0.723. The second kappa shape index (κ2) is 6.89. The lowest BCUT2D eigenvalue weighted by atomic mass is 10.5. The molecular weight excluding hydrogens is 246 g/mol. The minimum absolute atomic E-state index is 0.422. The molecule has 1 aromatic heterocycles. The number of thiocarbonyl (C=S) groups is 1. The second-order valence-electron chi connectivity index (χ2n) is 3.43. The van der Waals surface area contributed by atoms with Crippen LogP contribution in [-0.2, 0) is 6.54 Å². The third kappa shape index (κ3) is 4.52. The third-order valence-electron chi connectivity index (χ3n) is 1.76. The molecule has 0 spiro atoms. The van der Waals surface area contributed by atoms with Crippen LogP contribution in [0, 0.1) is 0 Å². The number of aromatic nitrogens is 4. The van der Waals surface area contributed by atoms with Crippen molar-refractivity contribution in [1.29, 1.82) is 0 Å². The lowest BCUT2D eigenvalue weighted by Gasteiger charge is -2.09. The standard InChI is InChI=1S/C8H14N5OS2/c1-12(2)3-4-13-8(9-10-11-13)16-6-7(14)5-15/h7,14H,3-4,6H2,1-2H3. The molecule has 8 heteroatoms. The Bertz CT molecular complexity index is 330. The molecule has 0 aromatic carbocycles. The van der Waals surface area contributed by atoms with Crippen molar-refractivity contribution in [3.63, 3.8) is 0 Å². The fourth-order valence-electron chi connectivity index (χ4n) is 0.922. The molecule has 89 valence electrons. The molecule has 0 aliphatic carbocycles. The molecule has 1 unspecified atom stereocenters. The summed E-state index contributed by atoms with van der Waals surface area (Å²) in [4.78, 5) is 2.05. The summed E-state index contributed by atoms with van der Waals surface area (Å²) in [6, 6.07) is 0. The summed E-state index contributed by atoms with van der Waals surface area (Å²) in [6.07, 6.45) is -0.723. The Balaban J connectivity index is 2.46. The number of hydrogen-bond donors (Lipinski definition) is 1. The number of likely N-dealkylation sites (N-methyl/N-ethyl adjacent to an activating group) is 1. The van der Waals surface area contributed by atoms with Crippen LogP contribution in [0.2, 0.25) is 0 Å². The molecule has 0 saturated carbocycles. The monoisotopic (exact) mass is 260 g/mol. The summed E-state index contributed by atoms with van der Waals surface area (Å²) in [7, 11) is 3.98. The van der Waals surface area contributed by atoms with Gasteiger partial charge in [-0.3, -0.25) is 0 Å². The van der Waals surface area contributed by atoms with Crippen LogP contribution in [0.3, 0.4) is 0 Å². The van der Waals surface area contributed by atoms with E-state index in [9.17, 15) is 5.11 Å². The highest BCUT2D eigenvalue weighted by Crippen LogP contribution is 2.14. The molecule has 1 N–H and O–H groups in total. The summed E-state index contributed by atoms with van der Waals surface area (Å²) in [5.41, 5.74) is 0. The Kier molecular flexibility index (Phi) is 5.81. The molecular formula is C8H14N5OS2. The normalized spacial score (nSPS) is 13.0. The molecule has 1 rings (SSSR count). The number of thioether (sulfide) groups is 1. The molecule has 0 aliphatic rings. The van der Waals surface area contributed by atoms with E-state index in [-0.39, 0.29) is 0 Å². The third-order valence-corrected chi connectivity index (χ3v) is 3.07. The fourth-order valence-corrected chi connectivity index (χ4v) is 1.87. The van der Waals surface area contributed by atoms with Crippen LogP contribution in [0.1, 0.15) is 0 Å². The predicted octanol–water partition coefficient (Wildman–Crippen LogP) is -0.436. The Morgan fingerprint density at radius 3 is 3.00 bits per heavy atom. The maximum atomic E-state index is 9.24. The molecule has 0 fully saturated rings. The molecule has 6 nitrogen and oxygen atoms in total. The smallest absolute Gasteiger partial charge is 0.209 e. The largest absolute Gasteiger partial charge is 0.387 e. The van der Waals surface area contributed by atoms with E-state index in [1.807, 2.05) is 14.1 Å². The maximum absolute atomic E-state index is 9.24. The maximum Gasteiger partial charge on any atom is 0.209 e. The second-order valence-corrected chi connectivity index (χ2v) is 4.66. The van der Waals surface area contributed by atoms with Crippen LogP contribution in [0.4, 0.5) is 0 Å². The molecule has 0 amide bonds.